The zero-order valence-electron chi connectivity index (χ0n) is 14.2. The largest absolute Gasteiger partial charge is 0.326 e. The number of anilines is 1. The standard InChI is InChI=1S/C19H22N2O3S/c1-15-9-11-18(12-10-15)25(23,24)21-13-5-6-16(14-21)19(22)20-17-7-3-2-4-8-17/h2-4,7-12,16H,5-6,13-14H2,1H3,(H,20,22)/t16-/m1/s1. The lowest BCUT2D eigenvalue weighted by atomic mass is 9.99. The zero-order valence-corrected chi connectivity index (χ0v) is 15.0. The van der Waals surface area contributed by atoms with Gasteiger partial charge in [0.05, 0.1) is 10.8 Å². The van der Waals surface area contributed by atoms with Gasteiger partial charge in [-0.05, 0) is 44.0 Å². The van der Waals surface area contributed by atoms with Gasteiger partial charge in [0, 0.05) is 18.8 Å². The summed E-state index contributed by atoms with van der Waals surface area (Å²) in [5, 5.41) is 2.87. The van der Waals surface area contributed by atoms with Crippen molar-refractivity contribution < 1.29 is 13.2 Å². The van der Waals surface area contributed by atoms with Crippen molar-refractivity contribution in [3.05, 3.63) is 60.2 Å². The maximum Gasteiger partial charge on any atom is 0.243 e. The highest BCUT2D eigenvalue weighted by Crippen LogP contribution is 2.25. The van der Waals surface area contributed by atoms with Crippen LogP contribution in [-0.4, -0.2) is 31.7 Å². The number of amides is 1. The Morgan fingerprint density at radius 2 is 1.76 bits per heavy atom. The van der Waals surface area contributed by atoms with E-state index in [2.05, 4.69) is 5.32 Å². The monoisotopic (exact) mass is 358 g/mol. The maximum atomic E-state index is 12.8. The van der Waals surface area contributed by atoms with E-state index in [0.717, 1.165) is 11.3 Å². The Bertz CT molecular complexity index is 833. The molecule has 6 heteroatoms. The summed E-state index contributed by atoms with van der Waals surface area (Å²) >= 11 is 0. The van der Waals surface area contributed by atoms with E-state index in [0.29, 0.717) is 19.4 Å². The molecule has 3 rings (SSSR count). The van der Waals surface area contributed by atoms with E-state index in [4.69, 9.17) is 0 Å². The summed E-state index contributed by atoms with van der Waals surface area (Å²) < 4.78 is 27.1. The van der Waals surface area contributed by atoms with Crippen molar-refractivity contribution >= 4 is 21.6 Å². The fourth-order valence-electron chi connectivity index (χ4n) is 3.00. The summed E-state index contributed by atoms with van der Waals surface area (Å²) in [6, 6.07) is 16.0. The number of nitrogens with zero attached hydrogens (tertiary/aromatic N) is 1. The van der Waals surface area contributed by atoms with E-state index in [1.807, 2.05) is 37.3 Å². The number of para-hydroxylation sites is 1. The predicted octanol–water partition coefficient (Wildman–Crippen LogP) is 3.03. The fourth-order valence-corrected chi connectivity index (χ4v) is 4.52. The van der Waals surface area contributed by atoms with Crippen molar-refractivity contribution in [3.8, 4) is 0 Å². The van der Waals surface area contributed by atoms with Crippen molar-refractivity contribution in [2.24, 2.45) is 5.92 Å². The van der Waals surface area contributed by atoms with Crippen LogP contribution >= 0.6 is 0 Å². The van der Waals surface area contributed by atoms with E-state index in [1.54, 1.807) is 24.3 Å². The van der Waals surface area contributed by atoms with Crippen molar-refractivity contribution in [3.63, 3.8) is 0 Å². The maximum absolute atomic E-state index is 12.8. The molecule has 1 amide bonds. The molecule has 1 atom stereocenters. The van der Waals surface area contributed by atoms with Gasteiger partial charge < -0.3 is 5.32 Å². The number of nitrogens with one attached hydrogen (secondary N) is 1. The summed E-state index contributed by atoms with van der Waals surface area (Å²) in [5.74, 6) is -0.468. The van der Waals surface area contributed by atoms with E-state index in [-0.39, 0.29) is 23.3 Å². The highest BCUT2D eigenvalue weighted by Gasteiger charge is 2.33. The Balaban J connectivity index is 1.72. The van der Waals surface area contributed by atoms with E-state index in [1.165, 1.54) is 4.31 Å². The summed E-state index contributed by atoms with van der Waals surface area (Å²) in [6.07, 6.45) is 1.37. The minimum Gasteiger partial charge on any atom is -0.326 e. The summed E-state index contributed by atoms with van der Waals surface area (Å²) in [6.45, 7) is 2.58. The van der Waals surface area contributed by atoms with Crippen LogP contribution in [0.5, 0.6) is 0 Å². The molecule has 1 fully saturated rings. The molecule has 1 aliphatic rings. The Morgan fingerprint density at radius 3 is 2.44 bits per heavy atom. The number of carbonyl (C=O) groups excluding carboxylic acids is 1. The van der Waals surface area contributed by atoms with Crippen LogP contribution in [0.4, 0.5) is 5.69 Å². The molecule has 0 saturated carbocycles. The molecular weight excluding hydrogens is 336 g/mol. The molecule has 0 unspecified atom stereocenters. The molecule has 5 nitrogen and oxygen atoms in total. The smallest absolute Gasteiger partial charge is 0.243 e. The third-order valence-corrected chi connectivity index (χ3v) is 6.33. The first-order valence-electron chi connectivity index (χ1n) is 8.39. The molecule has 0 aliphatic carbocycles. The molecule has 0 bridgehead atoms. The summed E-state index contributed by atoms with van der Waals surface area (Å²) in [4.78, 5) is 12.8. The van der Waals surface area contributed by atoms with Gasteiger partial charge >= 0.3 is 0 Å². The molecule has 2 aromatic carbocycles. The lowest BCUT2D eigenvalue weighted by Gasteiger charge is -2.31. The number of carbonyl (C=O) groups is 1. The quantitative estimate of drug-likeness (QED) is 0.913. The first-order valence-corrected chi connectivity index (χ1v) is 9.83. The van der Waals surface area contributed by atoms with Crippen molar-refractivity contribution in [1.29, 1.82) is 0 Å². The zero-order chi connectivity index (χ0) is 17.9. The average molecular weight is 358 g/mol. The molecule has 25 heavy (non-hydrogen) atoms. The van der Waals surface area contributed by atoms with Crippen LogP contribution in [0.3, 0.4) is 0 Å². The van der Waals surface area contributed by atoms with Gasteiger partial charge in [0.15, 0.2) is 0 Å². The van der Waals surface area contributed by atoms with Gasteiger partial charge in [-0.2, -0.15) is 4.31 Å². The predicted molar refractivity (Wildman–Crippen MR) is 97.7 cm³/mol. The molecule has 1 heterocycles. The third-order valence-electron chi connectivity index (χ3n) is 4.45. The minimum absolute atomic E-state index is 0.130. The van der Waals surface area contributed by atoms with Crippen molar-refractivity contribution in [2.75, 3.05) is 18.4 Å². The molecule has 0 spiro atoms. The van der Waals surface area contributed by atoms with Crippen LogP contribution in [0.25, 0.3) is 0 Å². The van der Waals surface area contributed by atoms with Gasteiger partial charge in [-0.25, -0.2) is 8.42 Å². The Hall–Kier alpha value is -2.18. The normalized spacial score (nSPS) is 18.7. The van der Waals surface area contributed by atoms with Gasteiger partial charge in [-0.1, -0.05) is 35.9 Å². The second-order valence-electron chi connectivity index (χ2n) is 6.37. The van der Waals surface area contributed by atoms with Crippen LogP contribution in [0, 0.1) is 12.8 Å². The highest BCUT2D eigenvalue weighted by molar-refractivity contribution is 7.89. The molecule has 1 aliphatic heterocycles. The molecular formula is C19H22N2O3S. The second-order valence-corrected chi connectivity index (χ2v) is 8.31. The van der Waals surface area contributed by atoms with Gasteiger partial charge in [0.1, 0.15) is 0 Å². The Morgan fingerprint density at radius 1 is 1.08 bits per heavy atom. The molecule has 1 N–H and O–H groups in total. The Kier molecular flexibility index (Phi) is 5.20. The number of rotatable bonds is 4. The summed E-state index contributed by atoms with van der Waals surface area (Å²) in [7, 11) is -3.56. The third kappa shape index (κ3) is 4.08. The van der Waals surface area contributed by atoms with Crippen molar-refractivity contribution in [2.45, 2.75) is 24.7 Å². The van der Waals surface area contributed by atoms with E-state index in [9.17, 15) is 13.2 Å². The van der Waals surface area contributed by atoms with E-state index < -0.39 is 10.0 Å². The van der Waals surface area contributed by atoms with Crippen LogP contribution in [0.1, 0.15) is 18.4 Å². The molecule has 0 aromatic heterocycles. The second kappa shape index (κ2) is 7.37. The summed E-state index contributed by atoms with van der Waals surface area (Å²) in [5.41, 5.74) is 1.74. The molecule has 1 saturated heterocycles. The van der Waals surface area contributed by atoms with Gasteiger partial charge in [0.25, 0.3) is 0 Å². The van der Waals surface area contributed by atoms with Crippen LogP contribution in [-0.2, 0) is 14.8 Å². The van der Waals surface area contributed by atoms with Crippen LogP contribution in [0.15, 0.2) is 59.5 Å². The topological polar surface area (TPSA) is 66.5 Å². The number of benzene rings is 2. The number of hydrogen-bond acceptors (Lipinski definition) is 3. The number of piperidine rings is 1. The number of sulfonamides is 1. The van der Waals surface area contributed by atoms with E-state index >= 15 is 0 Å². The van der Waals surface area contributed by atoms with Crippen LogP contribution < -0.4 is 5.32 Å². The molecule has 2 aromatic rings. The number of aryl methyl sites for hydroxylation is 1. The van der Waals surface area contributed by atoms with Crippen LogP contribution in [0.2, 0.25) is 0 Å². The lowest BCUT2D eigenvalue weighted by molar-refractivity contribution is -0.120. The fraction of sp³-hybridized carbons (Fsp3) is 0.316. The van der Waals surface area contributed by atoms with Gasteiger partial charge in [-0.3, -0.25) is 4.79 Å². The Labute approximate surface area is 148 Å². The first-order chi connectivity index (χ1) is 12.0. The van der Waals surface area contributed by atoms with Gasteiger partial charge in [0.2, 0.25) is 15.9 Å². The number of hydrogen-bond donors (Lipinski definition) is 1. The average Bonchev–Trinajstić information content (AvgIpc) is 2.63. The first kappa shape index (κ1) is 17.6. The van der Waals surface area contributed by atoms with Crippen molar-refractivity contribution in [1.82, 2.24) is 4.31 Å². The lowest BCUT2D eigenvalue weighted by Crippen LogP contribution is -2.43. The molecule has 0 radical (unpaired) electrons. The van der Waals surface area contributed by atoms with Gasteiger partial charge in [-0.15, -0.1) is 0 Å². The minimum atomic E-state index is -3.56. The molecule has 132 valence electrons. The highest BCUT2D eigenvalue weighted by atomic mass is 32.2. The SMILES string of the molecule is Cc1ccc(S(=O)(=O)N2CCC[C@@H](C(=O)Nc3ccccc3)C2)cc1.